The summed E-state index contributed by atoms with van der Waals surface area (Å²) in [6, 6.07) is 20.1. The Balaban J connectivity index is 1.42. The molecule has 0 spiro atoms. The van der Waals surface area contributed by atoms with Crippen LogP contribution in [0.1, 0.15) is 27.4 Å². The number of fused-ring (bicyclic) bond motifs is 1. The minimum Gasteiger partial charge on any atom is -0.465 e. The van der Waals surface area contributed by atoms with Gasteiger partial charge in [0.05, 0.1) is 23.3 Å². The molecule has 0 radical (unpaired) electrons. The van der Waals surface area contributed by atoms with Gasteiger partial charge in [-0.15, -0.1) is 0 Å². The van der Waals surface area contributed by atoms with Crippen LogP contribution in [0.4, 0.5) is 0 Å². The van der Waals surface area contributed by atoms with E-state index in [1.165, 1.54) is 5.56 Å². The monoisotopic (exact) mass is 503 g/mol. The number of furan rings is 1. The lowest BCUT2D eigenvalue weighted by Crippen LogP contribution is -2.48. The van der Waals surface area contributed by atoms with Crippen LogP contribution in [0.15, 0.2) is 69.6 Å². The molecule has 168 valence electrons. The molecular formula is C27H26BrN3O2. The van der Waals surface area contributed by atoms with Gasteiger partial charge in [-0.3, -0.25) is 9.69 Å². The fraction of sp³-hybridized carbons (Fsp3) is 0.259. The number of carbonyl (C=O) groups excluding carboxylic acids is 1. The van der Waals surface area contributed by atoms with E-state index in [0.717, 1.165) is 57.8 Å². The SMILES string of the molecule is Cc1cccc(-c2cc(C(=O)N3CCN(Cc4ccc(C)o4)CC3)c3cc(Br)ccc3n2)c1. The minimum absolute atomic E-state index is 0.0582. The molecule has 5 nitrogen and oxygen atoms in total. The van der Waals surface area contributed by atoms with E-state index < -0.39 is 0 Å². The van der Waals surface area contributed by atoms with Gasteiger partial charge in [0.15, 0.2) is 0 Å². The number of piperazine rings is 1. The average Bonchev–Trinajstić information content (AvgIpc) is 3.23. The Labute approximate surface area is 202 Å². The molecule has 1 aliphatic rings. The summed E-state index contributed by atoms with van der Waals surface area (Å²) in [5.41, 5.74) is 4.54. The van der Waals surface area contributed by atoms with E-state index in [0.29, 0.717) is 18.7 Å². The van der Waals surface area contributed by atoms with E-state index in [9.17, 15) is 4.79 Å². The van der Waals surface area contributed by atoms with Crippen LogP contribution in [-0.2, 0) is 6.54 Å². The van der Waals surface area contributed by atoms with Gasteiger partial charge < -0.3 is 9.32 Å². The van der Waals surface area contributed by atoms with Gasteiger partial charge in [-0.25, -0.2) is 4.98 Å². The van der Waals surface area contributed by atoms with Gasteiger partial charge in [-0.1, -0.05) is 39.7 Å². The Morgan fingerprint density at radius 1 is 1.00 bits per heavy atom. The van der Waals surface area contributed by atoms with E-state index in [2.05, 4.69) is 39.9 Å². The smallest absolute Gasteiger partial charge is 0.254 e. The summed E-state index contributed by atoms with van der Waals surface area (Å²) >= 11 is 3.56. The molecule has 2 aromatic carbocycles. The summed E-state index contributed by atoms with van der Waals surface area (Å²) in [6.07, 6.45) is 0. The fourth-order valence-corrected chi connectivity index (χ4v) is 4.76. The molecular weight excluding hydrogens is 478 g/mol. The maximum atomic E-state index is 13.7. The van der Waals surface area contributed by atoms with Crippen LogP contribution >= 0.6 is 15.9 Å². The molecule has 1 fully saturated rings. The van der Waals surface area contributed by atoms with Crippen LogP contribution in [0.2, 0.25) is 0 Å². The van der Waals surface area contributed by atoms with Gasteiger partial charge >= 0.3 is 0 Å². The molecule has 0 unspecified atom stereocenters. The highest BCUT2D eigenvalue weighted by molar-refractivity contribution is 9.10. The first-order valence-electron chi connectivity index (χ1n) is 11.2. The molecule has 1 aliphatic heterocycles. The lowest BCUT2D eigenvalue weighted by molar-refractivity contribution is 0.0622. The molecule has 0 aliphatic carbocycles. The van der Waals surface area contributed by atoms with Crippen molar-refractivity contribution in [1.29, 1.82) is 0 Å². The molecule has 2 aromatic heterocycles. The number of rotatable bonds is 4. The first-order valence-corrected chi connectivity index (χ1v) is 12.0. The highest BCUT2D eigenvalue weighted by atomic mass is 79.9. The average molecular weight is 504 g/mol. The van der Waals surface area contributed by atoms with Crippen LogP contribution in [0.3, 0.4) is 0 Å². The van der Waals surface area contributed by atoms with Crippen LogP contribution in [0, 0.1) is 13.8 Å². The Morgan fingerprint density at radius 2 is 1.82 bits per heavy atom. The van der Waals surface area contributed by atoms with E-state index >= 15 is 0 Å². The first kappa shape index (κ1) is 21.9. The maximum Gasteiger partial charge on any atom is 0.254 e. The number of benzene rings is 2. The quantitative estimate of drug-likeness (QED) is 0.351. The van der Waals surface area contributed by atoms with Gasteiger partial charge in [0, 0.05) is 41.6 Å². The minimum atomic E-state index is 0.0582. The number of nitrogens with zero attached hydrogens (tertiary/aromatic N) is 3. The van der Waals surface area contributed by atoms with Crippen molar-refractivity contribution >= 4 is 32.7 Å². The first-order chi connectivity index (χ1) is 16.0. The van der Waals surface area contributed by atoms with E-state index in [1.54, 1.807) is 0 Å². The second-order valence-electron chi connectivity index (χ2n) is 8.67. The van der Waals surface area contributed by atoms with Crippen molar-refractivity contribution in [2.75, 3.05) is 26.2 Å². The third-order valence-corrected chi connectivity index (χ3v) is 6.64. The maximum absolute atomic E-state index is 13.7. The number of amides is 1. The number of halogens is 1. The molecule has 0 N–H and O–H groups in total. The van der Waals surface area contributed by atoms with E-state index in [1.807, 2.05) is 60.4 Å². The standard InChI is InChI=1S/C27H26BrN3O2/c1-18-4-3-5-20(14-18)26-16-24(23-15-21(28)7-9-25(23)29-26)27(32)31-12-10-30(11-13-31)17-22-8-6-19(2)33-22/h3-9,14-16H,10-13,17H2,1-2H3. The van der Waals surface area contributed by atoms with Crippen molar-refractivity contribution in [2.24, 2.45) is 0 Å². The van der Waals surface area contributed by atoms with Crippen molar-refractivity contribution in [1.82, 2.24) is 14.8 Å². The molecule has 0 bridgehead atoms. The summed E-state index contributed by atoms with van der Waals surface area (Å²) in [5.74, 6) is 1.96. The lowest BCUT2D eigenvalue weighted by Gasteiger charge is -2.34. The molecule has 33 heavy (non-hydrogen) atoms. The third-order valence-electron chi connectivity index (χ3n) is 6.15. The third kappa shape index (κ3) is 4.72. The number of aromatic nitrogens is 1. The molecule has 5 rings (SSSR count). The van der Waals surface area contributed by atoms with Gasteiger partial charge in [0.25, 0.3) is 5.91 Å². The topological polar surface area (TPSA) is 49.6 Å². The van der Waals surface area contributed by atoms with Crippen molar-refractivity contribution in [3.8, 4) is 11.3 Å². The van der Waals surface area contributed by atoms with Crippen LogP contribution in [0.25, 0.3) is 22.2 Å². The van der Waals surface area contributed by atoms with Gasteiger partial charge in [0.2, 0.25) is 0 Å². The second kappa shape index (κ2) is 9.12. The number of pyridine rings is 1. The Morgan fingerprint density at radius 3 is 2.55 bits per heavy atom. The molecule has 4 aromatic rings. The predicted molar refractivity (Wildman–Crippen MR) is 134 cm³/mol. The summed E-state index contributed by atoms with van der Waals surface area (Å²) < 4.78 is 6.66. The largest absolute Gasteiger partial charge is 0.465 e. The van der Waals surface area contributed by atoms with Gasteiger partial charge in [-0.05, 0) is 56.3 Å². The zero-order valence-electron chi connectivity index (χ0n) is 18.8. The van der Waals surface area contributed by atoms with E-state index in [4.69, 9.17) is 9.40 Å². The zero-order valence-corrected chi connectivity index (χ0v) is 20.4. The molecule has 1 amide bonds. The normalized spacial score (nSPS) is 14.7. The van der Waals surface area contributed by atoms with Crippen LogP contribution in [0.5, 0.6) is 0 Å². The Hall–Kier alpha value is -2.96. The Bertz CT molecular complexity index is 1320. The van der Waals surface area contributed by atoms with Gasteiger partial charge in [0.1, 0.15) is 11.5 Å². The Kier molecular flexibility index (Phi) is 6.04. The fourth-order valence-electron chi connectivity index (χ4n) is 4.40. The van der Waals surface area contributed by atoms with Crippen molar-refractivity contribution < 1.29 is 9.21 Å². The number of hydrogen-bond acceptors (Lipinski definition) is 4. The summed E-state index contributed by atoms with van der Waals surface area (Å²) in [4.78, 5) is 22.8. The second-order valence-corrected chi connectivity index (χ2v) is 9.58. The molecule has 1 saturated heterocycles. The molecule has 0 saturated carbocycles. The number of aryl methyl sites for hydroxylation is 2. The number of carbonyl (C=O) groups is 1. The number of hydrogen-bond donors (Lipinski definition) is 0. The van der Waals surface area contributed by atoms with E-state index in [-0.39, 0.29) is 5.91 Å². The van der Waals surface area contributed by atoms with Crippen molar-refractivity contribution in [2.45, 2.75) is 20.4 Å². The summed E-state index contributed by atoms with van der Waals surface area (Å²) in [6.45, 7) is 7.83. The van der Waals surface area contributed by atoms with Crippen LogP contribution in [-0.4, -0.2) is 46.9 Å². The van der Waals surface area contributed by atoms with Crippen molar-refractivity contribution in [3.05, 3.63) is 87.8 Å². The molecule has 6 heteroatoms. The molecule has 3 heterocycles. The lowest BCUT2D eigenvalue weighted by atomic mass is 10.0. The van der Waals surface area contributed by atoms with Crippen LogP contribution < -0.4 is 0 Å². The summed E-state index contributed by atoms with van der Waals surface area (Å²) in [7, 11) is 0. The highest BCUT2D eigenvalue weighted by Crippen LogP contribution is 2.29. The van der Waals surface area contributed by atoms with Gasteiger partial charge in [-0.2, -0.15) is 0 Å². The highest BCUT2D eigenvalue weighted by Gasteiger charge is 2.25. The van der Waals surface area contributed by atoms with Crippen molar-refractivity contribution in [3.63, 3.8) is 0 Å². The zero-order chi connectivity index (χ0) is 22.9. The predicted octanol–water partition coefficient (Wildman–Crippen LogP) is 5.83. The summed E-state index contributed by atoms with van der Waals surface area (Å²) in [5, 5.41) is 0.874. The molecule has 0 atom stereocenters.